The van der Waals surface area contributed by atoms with Crippen LogP contribution in [0.15, 0.2) is 42.5 Å². The summed E-state index contributed by atoms with van der Waals surface area (Å²) in [5.74, 6) is 0.835. The first kappa shape index (κ1) is 13.9. The third-order valence-electron chi connectivity index (χ3n) is 2.84. The zero-order chi connectivity index (χ0) is 14.5. The highest BCUT2D eigenvalue weighted by molar-refractivity contribution is 5.45. The molecule has 0 aromatic heterocycles. The van der Waals surface area contributed by atoms with Crippen molar-refractivity contribution in [2.24, 2.45) is 0 Å². The predicted molar refractivity (Wildman–Crippen MR) is 75.3 cm³/mol. The molecule has 0 aliphatic rings. The minimum absolute atomic E-state index is 0.000124. The quantitative estimate of drug-likeness (QED) is 0.659. The molecule has 0 heterocycles. The van der Waals surface area contributed by atoms with Gasteiger partial charge >= 0.3 is 0 Å². The van der Waals surface area contributed by atoms with E-state index in [9.17, 15) is 15.2 Å². The Morgan fingerprint density at radius 2 is 1.90 bits per heavy atom. The van der Waals surface area contributed by atoms with Crippen LogP contribution in [-0.4, -0.2) is 10.0 Å². The molecular formula is C15H15NO4. The number of rotatable bonds is 5. The second kappa shape index (κ2) is 6.06. The van der Waals surface area contributed by atoms with Crippen LogP contribution < -0.4 is 4.74 Å². The molecule has 0 bridgehead atoms. The van der Waals surface area contributed by atoms with Crippen molar-refractivity contribution < 1.29 is 14.8 Å². The summed E-state index contributed by atoms with van der Waals surface area (Å²) in [5, 5.41) is 20.4. The van der Waals surface area contributed by atoms with Crippen molar-refractivity contribution in [3.05, 3.63) is 58.1 Å². The van der Waals surface area contributed by atoms with Gasteiger partial charge < -0.3 is 9.84 Å². The number of hydrogen-bond acceptors (Lipinski definition) is 4. The van der Waals surface area contributed by atoms with Crippen molar-refractivity contribution >= 4 is 5.69 Å². The number of phenolic OH excluding ortho intramolecular Hbond substituents is 1. The Hall–Kier alpha value is -2.56. The molecule has 20 heavy (non-hydrogen) atoms. The minimum Gasteiger partial charge on any atom is -0.504 e. The van der Waals surface area contributed by atoms with Gasteiger partial charge in [0.05, 0.1) is 4.92 Å². The first-order valence-corrected chi connectivity index (χ1v) is 6.34. The second-order valence-corrected chi connectivity index (χ2v) is 4.41. The number of ether oxygens (including phenoxy) is 1. The smallest absolute Gasteiger partial charge is 0.269 e. The minimum atomic E-state index is -0.471. The summed E-state index contributed by atoms with van der Waals surface area (Å²) in [7, 11) is 0. The van der Waals surface area contributed by atoms with Gasteiger partial charge in [0, 0.05) is 12.1 Å². The lowest BCUT2D eigenvalue weighted by molar-refractivity contribution is -0.384. The summed E-state index contributed by atoms with van der Waals surface area (Å²) in [6.45, 7) is 2.07. The Bertz CT molecular complexity index is 608. The van der Waals surface area contributed by atoms with Gasteiger partial charge in [-0.2, -0.15) is 0 Å². The molecule has 0 fully saturated rings. The van der Waals surface area contributed by atoms with Crippen molar-refractivity contribution in [2.45, 2.75) is 19.8 Å². The monoisotopic (exact) mass is 273 g/mol. The molecule has 0 saturated carbocycles. The molecule has 0 atom stereocenters. The van der Waals surface area contributed by atoms with E-state index in [4.69, 9.17) is 4.74 Å². The van der Waals surface area contributed by atoms with Gasteiger partial charge in [-0.3, -0.25) is 10.1 Å². The fourth-order valence-corrected chi connectivity index (χ4v) is 1.86. The van der Waals surface area contributed by atoms with E-state index in [2.05, 4.69) is 6.92 Å². The van der Waals surface area contributed by atoms with Crippen LogP contribution >= 0.6 is 0 Å². The average molecular weight is 273 g/mol. The summed E-state index contributed by atoms with van der Waals surface area (Å²) in [6, 6.07) is 11.0. The first-order valence-electron chi connectivity index (χ1n) is 6.34. The summed E-state index contributed by atoms with van der Waals surface area (Å²) < 4.78 is 5.50. The standard InChI is InChI=1S/C15H15NO4/c1-2-3-11-4-9-15(14(17)10-11)20-13-7-5-12(6-8-13)16(18)19/h4-10,17H,2-3H2,1H3. The van der Waals surface area contributed by atoms with E-state index in [0.29, 0.717) is 11.5 Å². The van der Waals surface area contributed by atoms with Crippen LogP contribution in [0.3, 0.4) is 0 Å². The Morgan fingerprint density at radius 3 is 2.45 bits per heavy atom. The van der Waals surface area contributed by atoms with Crippen molar-refractivity contribution in [3.63, 3.8) is 0 Å². The van der Waals surface area contributed by atoms with Gasteiger partial charge in [-0.1, -0.05) is 19.4 Å². The largest absolute Gasteiger partial charge is 0.504 e. The number of aromatic hydroxyl groups is 1. The first-order chi connectivity index (χ1) is 9.60. The van der Waals surface area contributed by atoms with Crippen molar-refractivity contribution in [1.29, 1.82) is 0 Å². The van der Waals surface area contributed by atoms with Crippen molar-refractivity contribution in [1.82, 2.24) is 0 Å². The molecule has 2 aromatic carbocycles. The molecule has 1 N–H and O–H groups in total. The maximum Gasteiger partial charge on any atom is 0.269 e. The van der Waals surface area contributed by atoms with E-state index in [1.54, 1.807) is 12.1 Å². The molecule has 2 rings (SSSR count). The fraction of sp³-hybridized carbons (Fsp3) is 0.200. The Labute approximate surface area is 116 Å². The molecule has 0 unspecified atom stereocenters. The SMILES string of the molecule is CCCc1ccc(Oc2ccc([N+](=O)[O-])cc2)c(O)c1. The van der Waals surface area contributed by atoms with E-state index < -0.39 is 4.92 Å². The third-order valence-corrected chi connectivity index (χ3v) is 2.84. The topological polar surface area (TPSA) is 72.6 Å². The van der Waals surface area contributed by atoms with Crippen LogP contribution in [-0.2, 0) is 6.42 Å². The molecule has 2 aromatic rings. The highest BCUT2D eigenvalue weighted by atomic mass is 16.6. The number of nitro groups is 1. The number of aryl methyl sites for hydroxylation is 1. The Morgan fingerprint density at radius 1 is 1.20 bits per heavy atom. The lowest BCUT2D eigenvalue weighted by Gasteiger charge is -2.08. The molecular weight excluding hydrogens is 258 g/mol. The number of non-ortho nitro benzene ring substituents is 1. The molecule has 0 amide bonds. The molecule has 0 aliphatic carbocycles. The molecule has 0 spiro atoms. The van der Waals surface area contributed by atoms with Gasteiger partial charge in [0.15, 0.2) is 11.5 Å². The van der Waals surface area contributed by atoms with Gasteiger partial charge in [0.25, 0.3) is 5.69 Å². The normalized spacial score (nSPS) is 10.2. The number of hydrogen-bond donors (Lipinski definition) is 1. The molecule has 5 nitrogen and oxygen atoms in total. The van der Waals surface area contributed by atoms with E-state index >= 15 is 0 Å². The number of nitrogens with zero attached hydrogens (tertiary/aromatic N) is 1. The van der Waals surface area contributed by atoms with Gasteiger partial charge in [-0.15, -0.1) is 0 Å². The highest BCUT2D eigenvalue weighted by Gasteiger charge is 2.08. The van der Waals surface area contributed by atoms with Gasteiger partial charge in [0.1, 0.15) is 5.75 Å². The van der Waals surface area contributed by atoms with E-state index in [1.807, 2.05) is 6.07 Å². The molecule has 0 saturated heterocycles. The Balaban J connectivity index is 2.15. The lowest BCUT2D eigenvalue weighted by Crippen LogP contribution is -1.90. The zero-order valence-corrected chi connectivity index (χ0v) is 11.1. The van der Waals surface area contributed by atoms with Gasteiger partial charge in [-0.25, -0.2) is 0 Å². The fourth-order valence-electron chi connectivity index (χ4n) is 1.86. The van der Waals surface area contributed by atoms with Crippen molar-refractivity contribution in [3.8, 4) is 17.2 Å². The molecule has 0 radical (unpaired) electrons. The van der Waals surface area contributed by atoms with Gasteiger partial charge in [-0.05, 0) is 36.2 Å². The van der Waals surface area contributed by atoms with Crippen molar-refractivity contribution in [2.75, 3.05) is 0 Å². The number of benzene rings is 2. The average Bonchev–Trinajstić information content (AvgIpc) is 2.43. The lowest BCUT2D eigenvalue weighted by atomic mass is 10.1. The Kier molecular flexibility index (Phi) is 4.20. The van der Waals surface area contributed by atoms with Crippen LogP contribution in [0.2, 0.25) is 0 Å². The summed E-state index contributed by atoms with van der Waals surface area (Å²) in [5.41, 5.74) is 1.04. The van der Waals surface area contributed by atoms with E-state index in [1.165, 1.54) is 24.3 Å². The predicted octanol–water partition coefficient (Wildman–Crippen LogP) is 4.05. The summed E-state index contributed by atoms with van der Waals surface area (Å²) in [4.78, 5) is 10.1. The van der Waals surface area contributed by atoms with Crippen LogP contribution in [0.1, 0.15) is 18.9 Å². The summed E-state index contributed by atoms with van der Waals surface area (Å²) in [6.07, 6.45) is 1.90. The van der Waals surface area contributed by atoms with Crippen LogP contribution in [0, 0.1) is 10.1 Å². The molecule has 0 aliphatic heterocycles. The van der Waals surface area contributed by atoms with Crippen LogP contribution in [0.5, 0.6) is 17.2 Å². The number of nitro benzene ring substituents is 1. The molecule has 104 valence electrons. The zero-order valence-electron chi connectivity index (χ0n) is 11.1. The molecule has 5 heteroatoms. The van der Waals surface area contributed by atoms with E-state index in [0.717, 1.165) is 18.4 Å². The van der Waals surface area contributed by atoms with Crippen LogP contribution in [0.4, 0.5) is 5.69 Å². The van der Waals surface area contributed by atoms with Crippen LogP contribution in [0.25, 0.3) is 0 Å². The van der Waals surface area contributed by atoms with Gasteiger partial charge in [0.2, 0.25) is 0 Å². The number of phenols is 1. The third kappa shape index (κ3) is 3.26. The maximum absolute atomic E-state index is 10.5. The highest BCUT2D eigenvalue weighted by Crippen LogP contribution is 2.32. The maximum atomic E-state index is 10.5. The van der Waals surface area contributed by atoms with E-state index in [-0.39, 0.29) is 11.4 Å². The summed E-state index contributed by atoms with van der Waals surface area (Å²) >= 11 is 0. The second-order valence-electron chi connectivity index (χ2n) is 4.41.